The van der Waals surface area contributed by atoms with Crippen molar-refractivity contribution < 1.29 is 5.21 Å². The van der Waals surface area contributed by atoms with Gasteiger partial charge in [-0.05, 0) is 29.0 Å². The monoisotopic (exact) mass is 293 g/mol. The fraction of sp³-hybridized carbons (Fsp3) is 0.125. The van der Waals surface area contributed by atoms with Gasteiger partial charge in [-0.15, -0.1) is 5.10 Å². The molecule has 110 valence electrons. The zero-order valence-electron chi connectivity index (χ0n) is 12.1. The van der Waals surface area contributed by atoms with Crippen LogP contribution < -0.4 is 0 Å². The van der Waals surface area contributed by atoms with E-state index in [1.165, 1.54) is 0 Å². The van der Waals surface area contributed by atoms with Crippen LogP contribution in [0.3, 0.4) is 0 Å². The maximum atomic E-state index is 9.41. The molecule has 22 heavy (non-hydrogen) atoms. The van der Waals surface area contributed by atoms with E-state index in [1.54, 1.807) is 4.68 Å². The van der Waals surface area contributed by atoms with Gasteiger partial charge in [0, 0.05) is 5.56 Å². The Morgan fingerprint density at radius 3 is 2.68 bits per heavy atom. The molecule has 0 aliphatic rings. The topological polar surface area (TPSA) is 76.2 Å². The Morgan fingerprint density at radius 1 is 1.14 bits per heavy atom. The molecule has 0 bridgehead atoms. The minimum absolute atomic E-state index is 0.352. The number of benzene rings is 2. The first-order valence-electron chi connectivity index (χ1n) is 6.87. The molecule has 0 saturated carbocycles. The average Bonchev–Trinajstić information content (AvgIpc) is 2.97. The fourth-order valence-electron chi connectivity index (χ4n) is 2.26. The normalized spacial score (nSPS) is 11.6. The first-order valence-corrected chi connectivity index (χ1v) is 6.87. The van der Waals surface area contributed by atoms with E-state index in [2.05, 4.69) is 20.7 Å². The first kappa shape index (κ1) is 13.9. The van der Waals surface area contributed by atoms with Crippen LogP contribution in [0.15, 0.2) is 59.8 Å². The highest BCUT2D eigenvalue weighted by atomic mass is 16.4. The van der Waals surface area contributed by atoms with Crippen LogP contribution in [0.4, 0.5) is 0 Å². The lowest BCUT2D eigenvalue weighted by atomic mass is 10.1. The lowest BCUT2D eigenvalue weighted by Gasteiger charge is -2.07. The van der Waals surface area contributed by atoms with Crippen LogP contribution in [0.5, 0.6) is 0 Å². The van der Waals surface area contributed by atoms with Gasteiger partial charge in [-0.25, -0.2) is 4.68 Å². The third-order valence-corrected chi connectivity index (χ3v) is 3.31. The van der Waals surface area contributed by atoms with Gasteiger partial charge >= 0.3 is 0 Å². The Hall–Kier alpha value is -3.02. The van der Waals surface area contributed by atoms with Crippen molar-refractivity contribution in [1.82, 2.24) is 20.2 Å². The van der Waals surface area contributed by atoms with Crippen LogP contribution >= 0.6 is 0 Å². The van der Waals surface area contributed by atoms with E-state index in [9.17, 15) is 5.21 Å². The quantitative estimate of drug-likeness (QED) is 0.455. The van der Waals surface area contributed by atoms with Crippen molar-refractivity contribution in [2.45, 2.75) is 13.5 Å². The molecule has 3 aromatic rings. The predicted molar refractivity (Wildman–Crippen MR) is 82.0 cm³/mol. The summed E-state index contributed by atoms with van der Waals surface area (Å²) in [6.45, 7) is 2.49. The first-order chi connectivity index (χ1) is 10.8. The van der Waals surface area contributed by atoms with Gasteiger partial charge < -0.3 is 5.21 Å². The smallest absolute Gasteiger partial charge is 0.205 e. The van der Waals surface area contributed by atoms with Crippen molar-refractivity contribution in [3.63, 3.8) is 0 Å². The molecule has 6 heteroatoms. The Morgan fingerprint density at radius 2 is 1.95 bits per heavy atom. The van der Waals surface area contributed by atoms with Crippen LogP contribution in [0.2, 0.25) is 0 Å². The summed E-state index contributed by atoms with van der Waals surface area (Å²) in [6.07, 6.45) is 0. The van der Waals surface area contributed by atoms with E-state index in [4.69, 9.17) is 0 Å². The van der Waals surface area contributed by atoms with E-state index in [1.807, 2.05) is 61.5 Å². The van der Waals surface area contributed by atoms with Crippen molar-refractivity contribution in [2.75, 3.05) is 0 Å². The highest BCUT2D eigenvalue weighted by Gasteiger charge is 2.16. The maximum Gasteiger partial charge on any atom is 0.205 e. The number of rotatable bonds is 4. The molecule has 1 heterocycles. The molecular weight excluding hydrogens is 278 g/mol. The predicted octanol–water partition coefficient (Wildman–Crippen LogP) is 2.26. The highest BCUT2D eigenvalue weighted by molar-refractivity contribution is 6.10. The second kappa shape index (κ2) is 6.17. The van der Waals surface area contributed by atoms with Crippen LogP contribution in [0.1, 0.15) is 22.5 Å². The lowest BCUT2D eigenvalue weighted by Crippen LogP contribution is -2.15. The van der Waals surface area contributed by atoms with Crippen molar-refractivity contribution >= 4 is 5.71 Å². The largest absolute Gasteiger partial charge is 0.410 e. The number of aromatic nitrogens is 4. The van der Waals surface area contributed by atoms with Crippen LogP contribution in [0.25, 0.3) is 0 Å². The van der Waals surface area contributed by atoms with Crippen LogP contribution in [-0.2, 0) is 6.54 Å². The summed E-state index contributed by atoms with van der Waals surface area (Å²) in [5, 5.41) is 24.5. The molecule has 6 nitrogen and oxygen atoms in total. The SMILES string of the molecule is Cc1cccc(/C(=N/O)c2nnnn2Cc2ccccc2)c1. The Bertz CT molecular complexity index is 795. The maximum absolute atomic E-state index is 9.41. The number of nitrogens with zero attached hydrogens (tertiary/aromatic N) is 5. The van der Waals surface area contributed by atoms with Crippen LogP contribution in [-0.4, -0.2) is 31.1 Å². The zero-order valence-corrected chi connectivity index (χ0v) is 12.1. The van der Waals surface area contributed by atoms with E-state index in [0.717, 1.165) is 16.7 Å². The van der Waals surface area contributed by atoms with Gasteiger partial charge in [-0.2, -0.15) is 0 Å². The van der Waals surface area contributed by atoms with Crippen molar-refractivity contribution in [1.29, 1.82) is 0 Å². The molecule has 3 rings (SSSR count). The summed E-state index contributed by atoms with van der Waals surface area (Å²) in [6, 6.07) is 17.5. The van der Waals surface area contributed by atoms with Gasteiger partial charge in [0.25, 0.3) is 0 Å². The molecule has 1 N–H and O–H groups in total. The highest BCUT2D eigenvalue weighted by Crippen LogP contribution is 2.11. The minimum Gasteiger partial charge on any atom is -0.410 e. The standard InChI is InChI=1S/C16H15N5O/c1-12-6-5-9-14(10-12)15(18-22)16-17-19-20-21(16)11-13-7-3-2-4-8-13/h2-10,22H,11H2,1H3/b18-15-. The summed E-state index contributed by atoms with van der Waals surface area (Å²) in [4.78, 5) is 0. The molecule has 0 spiro atoms. The lowest BCUT2D eigenvalue weighted by molar-refractivity contribution is 0.319. The molecular formula is C16H15N5O. The molecule has 0 amide bonds. The third-order valence-electron chi connectivity index (χ3n) is 3.31. The van der Waals surface area contributed by atoms with Gasteiger partial charge in [0.1, 0.15) is 0 Å². The molecule has 0 atom stereocenters. The molecule has 0 fully saturated rings. The molecule has 1 aromatic heterocycles. The average molecular weight is 293 g/mol. The minimum atomic E-state index is 0.352. The van der Waals surface area contributed by atoms with Gasteiger partial charge in [0.05, 0.1) is 6.54 Å². The van der Waals surface area contributed by atoms with E-state index in [-0.39, 0.29) is 0 Å². The molecule has 0 unspecified atom stereocenters. The van der Waals surface area contributed by atoms with E-state index >= 15 is 0 Å². The Labute approximate surface area is 127 Å². The zero-order chi connectivity index (χ0) is 15.4. The molecule has 0 saturated heterocycles. The number of aryl methyl sites for hydroxylation is 1. The van der Waals surface area contributed by atoms with Crippen molar-refractivity contribution in [2.24, 2.45) is 5.16 Å². The van der Waals surface area contributed by atoms with Gasteiger partial charge in [-0.3, -0.25) is 0 Å². The number of hydrogen-bond acceptors (Lipinski definition) is 5. The fourth-order valence-corrected chi connectivity index (χ4v) is 2.26. The van der Waals surface area contributed by atoms with E-state index < -0.39 is 0 Å². The number of oxime groups is 1. The third kappa shape index (κ3) is 2.85. The summed E-state index contributed by atoms with van der Waals surface area (Å²) in [5.41, 5.74) is 3.26. The van der Waals surface area contributed by atoms with Gasteiger partial charge in [0.15, 0.2) is 5.71 Å². The van der Waals surface area contributed by atoms with Crippen molar-refractivity contribution in [3.8, 4) is 0 Å². The Balaban J connectivity index is 1.96. The summed E-state index contributed by atoms with van der Waals surface area (Å²) >= 11 is 0. The number of hydrogen-bond donors (Lipinski definition) is 1. The van der Waals surface area contributed by atoms with Gasteiger partial charge in [-0.1, -0.05) is 59.3 Å². The summed E-state index contributed by atoms with van der Waals surface area (Å²) in [7, 11) is 0. The molecule has 2 aromatic carbocycles. The van der Waals surface area contributed by atoms with Crippen LogP contribution in [0, 0.1) is 6.92 Å². The second-order valence-electron chi connectivity index (χ2n) is 4.96. The summed E-state index contributed by atoms with van der Waals surface area (Å²) < 4.78 is 1.62. The summed E-state index contributed by atoms with van der Waals surface area (Å²) in [5.74, 6) is 0.428. The molecule has 0 radical (unpaired) electrons. The van der Waals surface area contributed by atoms with E-state index in [0.29, 0.717) is 18.1 Å². The second-order valence-corrected chi connectivity index (χ2v) is 4.96. The molecule has 0 aliphatic heterocycles. The van der Waals surface area contributed by atoms with Crippen molar-refractivity contribution in [3.05, 3.63) is 77.1 Å². The molecule has 0 aliphatic carbocycles. The Kier molecular flexibility index (Phi) is 3.91. The van der Waals surface area contributed by atoms with Gasteiger partial charge in [0.2, 0.25) is 5.82 Å². The number of tetrazole rings is 1.